The number of para-hydroxylation sites is 1. The summed E-state index contributed by atoms with van der Waals surface area (Å²) in [5.74, 6) is -1.89. The van der Waals surface area contributed by atoms with Gasteiger partial charge in [-0.05, 0) is 24.3 Å². The molecule has 122 valence electrons. The molecule has 1 aromatic heterocycles. The van der Waals surface area contributed by atoms with E-state index in [0.29, 0.717) is 0 Å². The molecule has 1 heterocycles. The highest BCUT2D eigenvalue weighted by molar-refractivity contribution is 6.04. The maximum Gasteiger partial charge on any atom is 0.280 e. The summed E-state index contributed by atoms with van der Waals surface area (Å²) in [7, 11) is 1.39. The van der Waals surface area contributed by atoms with E-state index in [9.17, 15) is 13.6 Å². The Morgan fingerprint density at radius 1 is 1.17 bits per heavy atom. The smallest absolute Gasteiger partial charge is 0.280 e. The van der Waals surface area contributed by atoms with Gasteiger partial charge in [-0.25, -0.2) is 13.5 Å². The predicted molar refractivity (Wildman–Crippen MR) is 84.4 cm³/mol. The van der Waals surface area contributed by atoms with E-state index < -0.39 is 17.5 Å². The molecule has 7 heteroatoms. The number of methoxy groups -OCH3 is 1. The van der Waals surface area contributed by atoms with Crippen LogP contribution in [0.2, 0.25) is 0 Å². The molecule has 1 N–H and O–H groups in total. The zero-order chi connectivity index (χ0) is 17.1. The fourth-order valence-corrected chi connectivity index (χ4v) is 2.15. The Labute approximate surface area is 136 Å². The normalized spacial score (nSPS) is 10.5. The third-order valence-corrected chi connectivity index (χ3v) is 3.31. The first-order chi connectivity index (χ1) is 11.6. The Bertz CT molecular complexity index is 879. The standard InChI is InChI=1S/C17H13F2N3O2/c1-24-15-10-22(12-5-3-2-4-6-12)21-16(15)17(23)20-14-9-11(18)7-8-13(14)19/h2-10H,1H3,(H,20,23). The number of hydrogen-bond acceptors (Lipinski definition) is 3. The van der Waals surface area contributed by atoms with E-state index in [-0.39, 0.29) is 17.1 Å². The van der Waals surface area contributed by atoms with Gasteiger partial charge in [0.05, 0.1) is 24.7 Å². The van der Waals surface area contributed by atoms with Crippen LogP contribution in [0.15, 0.2) is 54.7 Å². The Morgan fingerprint density at radius 2 is 1.92 bits per heavy atom. The molecule has 2 aromatic carbocycles. The number of rotatable bonds is 4. The van der Waals surface area contributed by atoms with Crippen LogP contribution in [0.4, 0.5) is 14.5 Å². The summed E-state index contributed by atoms with van der Waals surface area (Å²) in [4.78, 5) is 12.3. The second-order valence-electron chi connectivity index (χ2n) is 4.90. The number of amides is 1. The maximum atomic E-state index is 13.7. The van der Waals surface area contributed by atoms with Crippen LogP contribution in [0.3, 0.4) is 0 Å². The van der Waals surface area contributed by atoms with E-state index in [1.165, 1.54) is 18.0 Å². The lowest BCUT2D eigenvalue weighted by molar-refractivity contribution is 0.101. The number of halogens is 2. The van der Waals surface area contributed by atoms with E-state index in [2.05, 4.69) is 10.4 Å². The SMILES string of the molecule is COc1cn(-c2ccccc2)nc1C(=O)Nc1cc(F)ccc1F. The fraction of sp³-hybridized carbons (Fsp3) is 0.0588. The van der Waals surface area contributed by atoms with Crippen LogP contribution in [0.1, 0.15) is 10.5 Å². The number of benzene rings is 2. The van der Waals surface area contributed by atoms with E-state index in [1.807, 2.05) is 18.2 Å². The average Bonchev–Trinajstić information content (AvgIpc) is 3.03. The lowest BCUT2D eigenvalue weighted by Crippen LogP contribution is -2.15. The molecule has 0 radical (unpaired) electrons. The second-order valence-corrected chi connectivity index (χ2v) is 4.90. The summed E-state index contributed by atoms with van der Waals surface area (Å²) in [5.41, 5.74) is 0.424. The van der Waals surface area contributed by atoms with E-state index >= 15 is 0 Å². The summed E-state index contributed by atoms with van der Waals surface area (Å²) in [5, 5.41) is 6.46. The van der Waals surface area contributed by atoms with Crippen molar-refractivity contribution >= 4 is 11.6 Å². The molecular weight excluding hydrogens is 316 g/mol. The summed E-state index contributed by atoms with van der Waals surface area (Å²) in [6.07, 6.45) is 1.53. The van der Waals surface area contributed by atoms with Crippen molar-refractivity contribution in [3.63, 3.8) is 0 Å². The third kappa shape index (κ3) is 3.10. The molecule has 24 heavy (non-hydrogen) atoms. The number of nitrogens with one attached hydrogen (secondary N) is 1. The number of anilines is 1. The minimum Gasteiger partial charge on any atom is -0.493 e. The first-order valence-electron chi connectivity index (χ1n) is 7.04. The molecule has 0 atom stereocenters. The minimum absolute atomic E-state index is 0.0370. The highest BCUT2D eigenvalue weighted by atomic mass is 19.1. The van der Waals surface area contributed by atoms with Gasteiger partial charge in [0.25, 0.3) is 5.91 Å². The van der Waals surface area contributed by atoms with Gasteiger partial charge >= 0.3 is 0 Å². The third-order valence-electron chi connectivity index (χ3n) is 3.31. The lowest BCUT2D eigenvalue weighted by Gasteiger charge is -2.05. The van der Waals surface area contributed by atoms with Crippen molar-refractivity contribution in [1.29, 1.82) is 0 Å². The highest BCUT2D eigenvalue weighted by Crippen LogP contribution is 2.22. The van der Waals surface area contributed by atoms with Crippen molar-refractivity contribution in [2.24, 2.45) is 0 Å². The van der Waals surface area contributed by atoms with Gasteiger partial charge in [-0.3, -0.25) is 4.79 Å². The molecule has 0 spiro atoms. The number of carbonyl (C=O) groups is 1. The van der Waals surface area contributed by atoms with Gasteiger partial charge in [0.15, 0.2) is 11.4 Å². The summed E-state index contributed by atoms with van der Waals surface area (Å²) in [6, 6.07) is 11.9. The van der Waals surface area contributed by atoms with E-state index in [4.69, 9.17) is 4.74 Å². The van der Waals surface area contributed by atoms with Crippen LogP contribution in [0.25, 0.3) is 5.69 Å². The summed E-state index contributed by atoms with van der Waals surface area (Å²) >= 11 is 0. The molecule has 1 amide bonds. The van der Waals surface area contributed by atoms with Crippen LogP contribution in [0, 0.1) is 11.6 Å². The Morgan fingerprint density at radius 3 is 2.62 bits per heavy atom. The van der Waals surface area contributed by atoms with E-state index in [0.717, 1.165) is 23.9 Å². The van der Waals surface area contributed by atoms with Crippen LogP contribution in [-0.2, 0) is 0 Å². The van der Waals surface area contributed by atoms with Crippen LogP contribution in [-0.4, -0.2) is 22.8 Å². The maximum absolute atomic E-state index is 13.7. The van der Waals surface area contributed by atoms with E-state index in [1.54, 1.807) is 12.1 Å². The van der Waals surface area contributed by atoms with Crippen molar-refractivity contribution in [1.82, 2.24) is 9.78 Å². The zero-order valence-electron chi connectivity index (χ0n) is 12.7. The molecular formula is C17H13F2N3O2. The molecule has 0 unspecified atom stereocenters. The Kier molecular flexibility index (Phi) is 4.24. The molecule has 0 bridgehead atoms. The lowest BCUT2D eigenvalue weighted by atomic mass is 10.2. The molecule has 0 fully saturated rings. The largest absolute Gasteiger partial charge is 0.493 e. The predicted octanol–water partition coefficient (Wildman–Crippen LogP) is 3.41. The molecule has 5 nitrogen and oxygen atoms in total. The zero-order valence-corrected chi connectivity index (χ0v) is 12.7. The molecule has 0 aliphatic rings. The van der Waals surface area contributed by atoms with Gasteiger partial charge < -0.3 is 10.1 Å². The van der Waals surface area contributed by atoms with Crippen molar-refractivity contribution in [3.8, 4) is 11.4 Å². The Balaban J connectivity index is 1.92. The molecule has 3 rings (SSSR count). The summed E-state index contributed by atoms with van der Waals surface area (Å²) < 4.78 is 33.5. The van der Waals surface area contributed by atoms with Gasteiger partial charge in [-0.15, -0.1) is 0 Å². The van der Waals surface area contributed by atoms with Gasteiger partial charge in [-0.1, -0.05) is 18.2 Å². The van der Waals surface area contributed by atoms with Gasteiger partial charge in [0, 0.05) is 6.07 Å². The first kappa shape index (κ1) is 15.7. The van der Waals surface area contributed by atoms with Crippen LogP contribution >= 0.6 is 0 Å². The quantitative estimate of drug-likeness (QED) is 0.798. The molecule has 0 aliphatic heterocycles. The number of aromatic nitrogens is 2. The monoisotopic (exact) mass is 329 g/mol. The average molecular weight is 329 g/mol. The topological polar surface area (TPSA) is 56.2 Å². The molecule has 0 aliphatic carbocycles. The Hall–Kier alpha value is -3.22. The molecule has 0 saturated carbocycles. The minimum atomic E-state index is -0.744. The van der Waals surface area contributed by atoms with Crippen molar-refractivity contribution in [2.45, 2.75) is 0 Å². The van der Waals surface area contributed by atoms with Crippen LogP contribution in [0.5, 0.6) is 5.75 Å². The number of carbonyl (C=O) groups excluding carboxylic acids is 1. The van der Waals surface area contributed by atoms with Gasteiger partial charge in [0.1, 0.15) is 11.6 Å². The van der Waals surface area contributed by atoms with Crippen molar-refractivity contribution in [2.75, 3.05) is 12.4 Å². The van der Waals surface area contributed by atoms with Crippen LogP contribution < -0.4 is 10.1 Å². The highest BCUT2D eigenvalue weighted by Gasteiger charge is 2.19. The number of ether oxygens (including phenoxy) is 1. The first-order valence-corrected chi connectivity index (χ1v) is 7.04. The van der Waals surface area contributed by atoms with Gasteiger partial charge in [0.2, 0.25) is 0 Å². The van der Waals surface area contributed by atoms with Gasteiger partial charge in [-0.2, -0.15) is 5.10 Å². The fourth-order valence-electron chi connectivity index (χ4n) is 2.15. The number of nitrogens with zero attached hydrogens (tertiary/aromatic N) is 2. The van der Waals surface area contributed by atoms with Crippen molar-refractivity contribution < 1.29 is 18.3 Å². The molecule has 3 aromatic rings. The summed E-state index contributed by atoms with van der Waals surface area (Å²) in [6.45, 7) is 0. The second kappa shape index (κ2) is 6.49. The molecule has 0 saturated heterocycles. The number of hydrogen-bond donors (Lipinski definition) is 1. The van der Waals surface area contributed by atoms with Crippen molar-refractivity contribution in [3.05, 3.63) is 72.1 Å².